The Hall–Kier alpha value is -1.17. The van der Waals surface area contributed by atoms with E-state index in [0.717, 1.165) is 11.3 Å². The number of rotatable bonds is 3. The van der Waals surface area contributed by atoms with Gasteiger partial charge < -0.3 is 19.8 Å². The summed E-state index contributed by atoms with van der Waals surface area (Å²) in [6, 6.07) is 1.81. The van der Waals surface area contributed by atoms with E-state index in [4.69, 9.17) is 4.74 Å². The first kappa shape index (κ1) is 13.3. The Morgan fingerprint density at radius 1 is 1.50 bits per heavy atom. The summed E-state index contributed by atoms with van der Waals surface area (Å²) in [4.78, 5) is 6.23. The van der Waals surface area contributed by atoms with Crippen molar-refractivity contribution < 1.29 is 14.9 Å². The maximum absolute atomic E-state index is 9.37. The number of ether oxygens (including phenoxy) is 1. The molecule has 0 spiro atoms. The highest BCUT2D eigenvalue weighted by atomic mass is 16.5. The second kappa shape index (κ2) is 5.22. The van der Waals surface area contributed by atoms with Gasteiger partial charge >= 0.3 is 0 Å². The lowest BCUT2D eigenvalue weighted by Crippen LogP contribution is -2.54. The average molecular weight is 252 g/mol. The van der Waals surface area contributed by atoms with Crippen molar-refractivity contribution in [3.8, 4) is 0 Å². The molecule has 18 heavy (non-hydrogen) atoms. The van der Waals surface area contributed by atoms with E-state index in [0.29, 0.717) is 13.1 Å². The van der Waals surface area contributed by atoms with E-state index < -0.39 is 0 Å². The molecule has 0 amide bonds. The molecule has 100 valence electrons. The monoisotopic (exact) mass is 252 g/mol. The lowest BCUT2D eigenvalue weighted by atomic mass is 10.0. The average Bonchev–Trinajstić information content (AvgIpc) is 2.36. The van der Waals surface area contributed by atoms with E-state index >= 15 is 0 Å². The third-order valence-corrected chi connectivity index (χ3v) is 3.08. The summed E-state index contributed by atoms with van der Waals surface area (Å²) in [7, 11) is 0. The molecule has 0 aromatic carbocycles. The number of hydrogen-bond donors (Lipinski definition) is 2. The van der Waals surface area contributed by atoms with Gasteiger partial charge in [0.2, 0.25) is 0 Å². The fourth-order valence-corrected chi connectivity index (χ4v) is 2.41. The second-order valence-corrected chi connectivity index (χ2v) is 5.23. The van der Waals surface area contributed by atoms with Crippen LogP contribution < -0.4 is 4.90 Å². The molecule has 0 bridgehead atoms. The molecule has 2 N–H and O–H groups in total. The zero-order valence-corrected chi connectivity index (χ0v) is 10.8. The predicted octanol–water partition coefficient (Wildman–Crippen LogP) is 0.550. The number of aromatic nitrogens is 1. The van der Waals surface area contributed by atoms with Gasteiger partial charge in [0.15, 0.2) is 0 Å². The summed E-state index contributed by atoms with van der Waals surface area (Å²) in [5, 5.41) is 18.7. The third kappa shape index (κ3) is 2.80. The number of pyridine rings is 1. The van der Waals surface area contributed by atoms with Crippen molar-refractivity contribution in [2.24, 2.45) is 0 Å². The maximum atomic E-state index is 9.37. The van der Waals surface area contributed by atoms with Gasteiger partial charge in [0.05, 0.1) is 36.8 Å². The molecule has 1 fully saturated rings. The van der Waals surface area contributed by atoms with Crippen molar-refractivity contribution in [2.75, 3.05) is 24.6 Å². The summed E-state index contributed by atoms with van der Waals surface area (Å²) >= 11 is 0. The zero-order chi connectivity index (χ0) is 13.2. The highest BCUT2D eigenvalue weighted by Gasteiger charge is 2.33. The molecule has 2 heterocycles. The zero-order valence-electron chi connectivity index (χ0n) is 10.8. The molecule has 0 saturated carbocycles. The number of morpholine rings is 1. The van der Waals surface area contributed by atoms with Gasteiger partial charge in [-0.25, -0.2) is 0 Å². The molecule has 5 heteroatoms. The number of aliphatic hydroxyl groups is 2. The van der Waals surface area contributed by atoms with Crippen LogP contribution in [0.4, 0.5) is 5.69 Å². The summed E-state index contributed by atoms with van der Waals surface area (Å²) < 4.78 is 5.77. The van der Waals surface area contributed by atoms with E-state index in [1.54, 1.807) is 12.4 Å². The van der Waals surface area contributed by atoms with Crippen molar-refractivity contribution in [2.45, 2.75) is 32.2 Å². The van der Waals surface area contributed by atoms with Crippen LogP contribution in [0.15, 0.2) is 18.5 Å². The van der Waals surface area contributed by atoms with Crippen LogP contribution in [0.3, 0.4) is 0 Å². The topological polar surface area (TPSA) is 65.8 Å². The molecule has 1 aliphatic rings. The molecule has 1 saturated heterocycles. The first-order valence-electron chi connectivity index (χ1n) is 6.13. The fraction of sp³-hybridized carbons (Fsp3) is 0.615. The quantitative estimate of drug-likeness (QED) is 0.822. The van der Waals surface area contributed by atoms with Gasteiger partial charge in [0.1, 0.15) is 0 Å². The Morgan fingerprint density at radius 3 is 2.94 bits per heavy atom. The van der Waals surface area contributed by atoms with Crippen molar-refractivity contribution in [1.29, 1.82) is 0 Å². The van der Waals surface area contributed by atoms with Crippen LogP contribution in [-0.4, -0.2) is 46.6 Å². The smallest absolute Gasteiger partial charge is 0.0988 e. The predicted molar refractivity (Wildman–Crippen MR) is 68.4 cm³/mol. The van der Waals surface area contributed by atoms with Crippen LogP contribution in [0.2, 0.25) is 0 Å². The van der Waals surface area contributed by atoms with Crippen LogP contribution >= 0.6 is 0 Å². The summed E-state index contributed by atoms with van der Waals surface area (Å²) in [5.74, 6) is 0. The van der Waals surface area contributed by atoms with Gasteiger partial charge in [0, 0.05) is 24.8 Å². The first-order chi connectivity index (χ1) is 8.55. The van der Waals surface area contributed by atoms with Crippen LogP contribution in [0, 0.1) is 0 Å². The Kier molecular flexibility index (Phi) is 3.85. The lowest BCUT2D eigenvalue weighted by Gasteiger charge is -2.43. The van der Waals surface area contributed by atoms with Crippen molar-refractivity contribution in [1.82, 2.24) is 4.98 Å². The van der Waals surface area contributed by atoms with Crippen molar-refractivity contribution in [3.05, 3.63) is 24.0 Å². The first-order valence-corrected chi connectivity index (χ1v) is 6.13. The fourth-order valence-electron chi connectivity index (χ4n) is 2.41. The molecule has 1 aliphatic heterocycles. The second-order valence-electron chi connectivity index (χ2n) is 5.23. The van der Waals surface area contributed by atoms with E-state index in [-0.39, 0.29) is 24.9 Å². The van der Waals surface area contributed by atoms with E-state index in [2.05, 4.69) is 9.88 Å². The van der Waals surface area contributed by atoms with Crippen molar-refractivity contribution in [3.63, 3.8) is 0 Å². The number of aliphatic hydroxyl groups excluding tert-OH is 2. The van der Waals surface area contributed by atoms with Crippen LogP contribution in [0.25, 0.3) is 0 Å². The Bertz CT molecular complexity index is 409. The van der Waals surface area contributed by atoms with E-state index in [9.17, 15) is 10.2 Å². The van der Waals surface area contributed by atoms with Gasteiger partial charge in [-0.15, -0.1) is 0 Å². The molecular formula is C13H20N2O3. The summed E-state index contributed by atoms with van der Waals surface area (Å²) in [6.07, 6.45) is 3.21. The molecule has 0 radical (unpaired) electrons. The van der Waals surface area contributed by atoms with Gasteiger partial charge in [-0.1, -0.05) is 0 Å². The van der Waals surface area contributed by atoms with Gasteiger partial charge in [-0.3, -0.25) is 4.98 Å². The lowest BCUT2D eigenvalue weighted by molar-refractivity contribution is -0.101. The minimum Gasteiger partial charge on any atom is -0.394 e. The van der Waals surface area contributed by atoms with Crippen LogP contribution in [-0.2, 0) is 11.3 Å². The van der Waals surface area contributed by atoms with Crippen molar-refractivity contribution >= 4 is 5.69 Å². The maximum Gasteiger partial charge on any atom is 0.0988 e. The SMILES string of the molecule is CC1(C)CN(c2cnccc2CO)CC(CO)O1. The molecule has 1 atom stereocenters. The molecule has 2 rings (SSSR count). The summed E-state index contributed by atoms with van der Waals surface area (Å²) in [6.45, 7) is 5.29. The van der Waals surface area contributed by atoms with Crippen LogP contribution in [0.1, 0.15) is 19.4 Å². The standard InChI is InChI=1S/C13H20N2O3/c1-13(2)9-15(6-11(8-17)18-13)12-5-14-4-3-10(12)7-16/h3-5,11,16-17H,6-9H2,1-2H3. The molecule has 5 nitrogen and oxygen atoms in total. The Morgan fingerprint density at radius 2 is 2.28 bits per heavy atom. The number of hydrogen-bond acceptors (Lipinski definition) is 5. The minimum atomic E-state index is -0.325. The van der Waals surface area contributed by atoms with Crippen LogP contribution in [0.5, 0.6) is 0 Å². The summed E-state index contributed by atoms with van der Waals surface area (Å²) in [5.41, 5.74) is 1.43. The minimum absolute atomic E-state index is 0.00531. The van der Waals surface area contributed by atoms with E-state index in [1.807, 2.05) is 19.9 Å². The Labute approximate surface area is 107 Å². The highest BCUT2D eigenvalue weighted by Crippen LogP contribution is 2.27. The highest BCUT2D eigenvalue weighted by molar-refractivity contribution is 5.52. The van der Waals surface area contributed by atoms with E-state index in [1.165, 1.54) is 0 Å². The van der Waals surface area contributed by atoms with Gasteiger partial charge in [-0.2, -0.15) is 0 Å². The number of nitrogens with zero attached hydrogens (tertiary/aromatic N) is 2. The molecule has 1 unspecified atom stereocenters. The molecule has 1 aromatic rings. The Balaban J connectivity index is 2.26. The van der Waals surface area contributed by atoms with Gasteiger partial charge in [0.25, 0.3) is 0 Å². The number of anilines is 1. The molecule has 1 aromatic heterocycles. The third-order valence-electron chi connectivity index (χ3n) is 3.08. The van der Waals surface area contributed by atoms with Gasteiger partial charge in [-0.05, 0) is 19.9 Å². The molecule has 0 aliphatic carbocycles. The normalized spacial score (nSPS) is 23.1. The molecular weight excluding hydrogens is 232 g/mol. The largest absolute Gasteiger partial charge is 0.394 e.